The second kappa shape index (κ2) is 9.32. The van der Waals surface area contributed by atoms with E-state index in [0.717, 1.165) is 17.8 Å². The molecule has 0 atom stereocenters. The maximum Gasteiger partial charge on any atom is 0.361 e. The number of nitrogens with one attached hydrogen (secondary N) is 1. The van der Waals surface area contributed by atoms with Crippen LogP contribution < -0.4 is 10.4 Å². The van der Waals surface area contributed by atoms with Gasteiger partial charge in [-0.3, -0.25) is 9.78 Å². The van der Waals surface area contributed by atoms with Crippen molar-refractivity contribution in [1.29, 1.82) is 5.41 Å². The van der Waals surface area contributed by atoms with Gasteiger partial charge in [-0.05, 0) is 43.4 Å². The number of nitrogens with zero attached hydrogens (tertiary/aromatic N) is 5. The molecule has 11 heteroatoms. The molecule has 36 heavy (non-hydrogen) atoms. The predicted octanol–water partition coefficient (Wildman–Crippen LogP) is 3.23. The van der Waals surface area contributed by atoms with Crippen LogP contribution in [0.4, 0.5) is 14.6 Å². The molecule has 1 aromatic carbocycles. The molecule has 184 valence electrons. The average Bonchev–Trinajstić information content (AvgIpc) is 3.38. The first-order chi connectivity index (χ1) is 17.2. The molecule has 0 spiro atoms. The molecule has 1 aliphatic heterocycles. The first kappa shape index (κ1) is 23.9. The molecule has 0 aliphatic carbocycles. The smallest absolute Gasteiger partial charge is 0.335 e. The largest absolute Gasteiger partial charge is 0.361 e. The fourth-order valence-corrected chi connectivity index (χ4v) is 4.98. The fourth-order valence-electron chi connectivity index (χ4n) is 4.04. The predicted molar refractivity (Wildman–Crippen MR) is 134 cm³/mol. The van der Waals surface area contributed by atoms with Crippen molar-refractivity contribution in [2.24, 2.45) is 0 Å². The van der Waals surface area contributed by atoms with Crippen LogP contribution in [0.5, 0.6) is 0 Å². The summed E-state index contributed by atoms with van der Waals surface area (Å²) in [5.74, 6) is -4.90. The number of halogens is 2. The summed E-state index contributed by atoms with van der Waals surface area (Å²) in [6.45, 7) is 2.93. The Kier molecular flexibility index (Phi) is 6.19. The van der Waals surface area contributed by atoms with Gasteiger partial charge in [0.1, 0.15) is 5.69 Å². The minimum absolute atomic E-state index is 0.0623. The van der Waals surface area contributed by atoms with Crippen LogP contribution >= 0.6 is 11.3 Å². The van der Waals surface area contributed by atoms with E-state index in [4.69, 9.17) is 11.1 Å². The number of benzene rings is 1. The molecule has 3 N–H and O–H groups in total. The van der Waals surface area contributed by atoms with Crippen molar-refractivity contribution >= 4 is 39.8 Å². The number of aromatic nitrogens is 3. The minimum atomic E-state index is -3.66. The molecular weight excluding hydrogens is 484 g/mol. The molecule has 4 aromatic rings. The third kappa shape index (κ3) is 4.42. The van der Waals surface area contributed by atoms with Gasteiger partial charge < -0.3 is 15.5 Å². The van der Waals surface area contributed by atoms with Gasteiger partial charge in [0.05, 0.1) is 15.3 Å². The van der Waals surface area contributed by atoms with Crippen LogP contribution in [0.3, 0.4) is 0 Å². The summed E-state index contributed by atoms with van der Waals surface area (Å²) in [5.41, 5.74) is 6.51. The van der Waals surface area contributed by atoms with Crippen LogP contribution in [0.2, 0.25) is 0 Å². The molecule has 1 aliphatic rings. The number of hydrogen-bond acceptors (Lipinski definition) is 7. The summed E-state index contributed by atoms with van der Waals surface area (Å²) in [6, 6.07) is 13.9. The Labute approximate surface area is 210 Å². The standard InChI is InChI=1S/C25H23F2N7OS/c1-32-11-13-33(14-12-32)23(35)21-8-7-20(36-21)19-6-9-22(28)34(31-19)24(29)25(26,27)17-4-5-18-16(15-17)3-2-10-30-18/h2-10,15,28-29H,11-14H2,1H3/p+1. The highest BCUT2D eigenvalue weighted by Gasteiger charge is 2.45. The quantitative estimate of drug-likeness (QED) is 0.250. The Balaban J connectivity index is 1.42. The van der Waals surface area contributed by atoms with Gasteiger partial charge >= 0.3 is 11.8 Å². The number of piperazine rings is 1. The lowest BCUT2D eigenvalue weighted by Crippen LogP contribution is -2.55. The van der Waals surface area contributed by atoms with E-state index in [1.807, 2.05) is 11.9 Å². The van der Waals surface area contributed by atoms with Crippen LogP contribution in [0.1, 0.15) is 15.2 Å². The van der Waals surface area contributed by atoms with E-state index >= 15 is 8.78 Å². The van der Waals surface area contributed by atoms with Crippen molar-refractivity contribution in [1.82, 2.24) is 19.9 Å². The third-order valence-electron chi connectivity index (χ3n) is 6.20. The van der Waals surface area contributed by atoms with Crippen molar-refractivity contribution < 1.29 is 18.3 Å². The Morgan fingerprint density at radius 1 is 1.11 bits per heavy atom. The number of pyridine rings is 1. The summed E-state index contributed by atoms with van der Waals surface area (Å²) in [7, 11) is 2.02. The molecule has 8 nitrogen and oxygen atoms in total. The van der Waals surface area contributed by atoms with Gasteiger partial charge in [-0.1, -0.05) is 12.1 Å². The Morgan fingerprint density at radius 2 is 1.89 bits per heavy atom. The number of likely N-dealkylation sites (N-methyl/N-ethyl adjacent to an activating group) is 1. The maximum atomic E-state index is 15.4. The van der Waals surface area contributed by atoms with Crippen molar-refractivity contribution in [2.45, 2.75) is 5.92 Å². The van der Waals surface area contributed by atoms with Crippen LogP contribution in [0, 0.1) is 5.41 Å². The summed E-state index contributed by atoms with van der Waals surface area (Å²) in [4.78, 5) is 22.2. The van der Waals surface area contributed by atoms with Crippen molar-refractivity contribution in [2.75, 3.05) is 39.0 Å². The summed E-state index contributed by atoms with van der Waals surface area (Å²) in [6.07, 6.45) is 1.59. The van der Waals surface area contributed by atoms with Crippen LogP contribution in [0.25, 0.3) is 21.5 Å². The van der Waals surface area contributed by atoms with E-state index in [1.54, 1.807) is 36.5 Å². The number of carbonyl (C=O) groups excluding carboxylic acids is 1. The Morgan fingerprint density at radius 3 is 2.67 bits per heavy atom. The SMILES string of the molecule is CN1CCN(C(=O)c2ccc(-c3ccc(N)[n+](C(=N)C(F)(F)c4ccc5ncccc5c4)n3)s2)CC1. The number of alkyl halides is 2. The van der Waals surface area contributed by atoms with Gasteiger partial charge in [0.25, 0.3) is 5.91 Å². The van der Waals surface area contributed by atoms with Gasteiger partial charge in [0.15, 0.2) is 0 Å². The number of hydrogen-bond donors (Lipinski definition) is 2. The molecule has 1 fully saturated rings. The molecule has 5 rings (SSSR count). The monoisotopic (exact) mass is 508 g/mol. The van der Waals surface area contributed by atoms with Gasteiger partial charge in [0.2, 0.25) is 5.82 Å². The fraction of sp³-hybridized carbons (Fsp3) is 0.240. The normalized spacial score (nSPS) is 14.8. The lowest BCUT2D eigenvalue weighted by Gasteiger charge is -2.32. The molecule has 0 radical (unpaired) electrons. The highest BCUT2D eigenvalue weighted by molar-refractivity contribution is 7.17. The van der Waals surface area contributed by atoms with Crippen molar-refractivity contribution in [3.8, 4) is 10.6 Å². The Hall–Kier alpha value is -3.83. The highest BCUT2D eigenvalue weighted by atomic mass is 32.1. The highest BCUT2D eigenvalue weighted by Crippen LogP contribution is 2.31. The van der Waals surface area contributed by atoms with E-state index in [0.29, 0.717) is 39.4 Å². The number of thiophene rings is 1. The molecule has 4 heterocycles. The molecule has 0 unspecified atom stereocenters. The van der Waals surface area contributed by atoms with Gasteiger partial charge in [0, 0.05) is 49.4 Å². The second-order valence-electron chi connectivity index (χ2n) is 8.65. The second-order valence-corrected chi connectivity index (χ2v) is 9.73. The van der Waals surface area contributed by atoms with Crippen LogP contribution in [0.15, 0.2) is 60.8 Å². The molecule has 3 aromatic heterocycles. The van der Waals surface area contributed by atoms with Gasteiger partial charge in [-0.2, -0.15) is 14.2 Å². The first-order valence-corrected chi connectivity index (χ1v) is 12.1. The zero-order valence-electron chi connectivity index (χ0n) is 19.5. The number of nitrogens with two attached hydrogens (primary N) is 1. The van der Waals surface area contributed by atoms with Crippen LogP contribution in [-0.4, -0.2) is 64.9 Å². The number of carbonyl (C=O) groups is 1. The lowest BCUT2D eigenvalue weighted by atomic mass is 10.0. The number of amides is 1. The van der Waals surface area contributed by atoms with E-state index in [1.165, 1.54) is 35.6 Å². The first-order valence-electron chi connectivity index (χ1n) is 11.3. The zero-order chi connectivity index (χ0) is 25.4. The van der Waals surface area contributed by atoms with E-state index in [2.05, 4.69) is 15.0 Å². The Bertz CT molecular complexity index is 1460. The van der Waals surface area contributed by atoms with E-state index in [-0.39, 0.29) is 17.3 Å². The van der Waals surface area contributed by atoms with Gasteiger partial charge in [-0.25, -0.2) is 0 Å². The molecular formula is C25H24F2N7OS+. The molecule has 0 bridgehead atoms. The molecule has 0 saturated carbocycles. The zero-order valence-corrected chi connectivity index (χ0v) is 20.3. The van der Waals surface area contributed by atoms with Gasteiger partial charge in [-0.15, -0.1) is 21.1 Å². The lowest BCUT2D eigenvalue weighted by molar-refractivity contribution is -0.616. The minimum Gasteiger partial charge on any atom is -0.335 e. The summed E-state index contributed by atoms with van der Waals surface area (Å²) in [5, 5.41) is 13.1. The van der Waals surface area contributed by atoms with Crippen molar-refractivity contribution in [3.05, 3.63) is 71.2 Å². The third-order valence-corrected chi connectivity index (χ3v) is 7.29. The maximum absolute atomic E-state index is 15.4. The topological polar surface area (TPSA) is 103 Å². The number of anilines is 1. The van der Waals surface area contributed by atoms with Crippen LogP contribution in [-0.2, 0) is 5.92 Å². The van der Waals surface area contributed by atoms with E-state index in [9.17, 15) is 4.79 Å². The van der Waals surface area contributed by atoms with E-state index < -0.39 is 11.8 Å². The number of fused-ring (bicyclic) bond motifs is 1. The average molecular weight is 509 g/mol. The summed E-state index contributed by atoms with van der Waals surface area (Å²) < 4.78 is 31.6. The summed E-state index contributed by atoms with van der Waals surface area (Å²) >= 11 is 1.23. The molecule has 1 saturated heterocycles. The number of nitrogen functional groups attached to an aromatic ring is 1. The molecule has 1 amide bonds. The number of rotatable bonds is 4. The van der Waals surface area contributed by atoms with Crippen molar-refractivity contribution in [3.63, 3.8) is 0 Å².